The van der Waals surface area contributed by atoms with Crippen LogP contribution in [-0.2, 0) is 0 Å². The van der Waals surface area contributed by atoms with Gasteiger partial charge in [-0.25, -0.2) is 0 Å². The quantitative estimate of drug-likeness (QED) is 0.862. The highest BCUT2D eigenvalue weighted by Crippen LogP contribution is 2.20. The lowest BCUT2D eigenvalue weighted by molar-refractivity contribution is 0.0892. The molecule has 4 nitrogen and oxygen atoms in total. The first-order valence-corrected chi connectivity index (χ1v) is 6.63. The number of nitrogens with zero attached hydrogens (tertiary/aromatic N) is 1. The number of carbonyl (C=O) groups excluding carboxylic acids is 1. The van der Waals surface area contributed by atoms with Gasteiger partial charge in [-0.15, -0.1) is 0 Å². The molecule has 0 radical (unpaired) electrons. The van der Waals surface area contributed by atoms with E-state index in [2.05, 4.69) is 21.2 Å². The molecule has 1 amide bonds. The summed E-state index contributed by atoms with van der Waals surface area (Å²) in [7, 11) is 3.71. The van der Waals surface area contributed by atoms with E-state index in [1.807, 2.05) is 19.0 Å². The fourth-order valence-corrected chi connectivity index (χ4v) is 2.03. The maximum Gasteiger partial charge on any atom is 0.252 e. The number of amides is 1. The zero-order valence-corrected chi connectivity index (χ0v) is 12.6. The molecular formula is C12H16BrClN2O2. The van der Waals surface area contributed by atoms with Crippen LogP contribution in [-0.4, -0.2) is 49.2 Å². The minimum atomic E-state index is -0.602. The molecule has 100 valence electrons. The normalized spacial score (nSPS) is 12.6. The van der Waals surface area contributed by atoms with Gasteiger partial charge in [0.25, 0.3) is 5.91 Å². The molecule has 0 saturated carbocycles. The summed E-state index contributed by atoms with van der Waals surface area (Å²) in [6.45, 7) is 0.687. The number of nitrogens with one attached hydrogen (secondary N) is 1. The molecule has 0 aromatic heterocycles. The molecule has 1 rings (SSSR count). The van der Waals surface area contributed by atoms with Crippen LogP contribution in [0.25, 0.3) is 0 Å². The van der Waals surface area contributed by atoms with Gasteiger partial charge in [0, 0.05) is 17.6 Å². The van der Waals surface area contributed by atoms with Crippen LogP contribution in [0.5, 0.6) is 0 Å². The number of hydrogen-bond acceptors (Lipinski definition) is 3. The molecule has 1 aromatic rings. The van der Waals surface area contributed by atoms with E-state index >= 15 is 0 Å². The molecule has 0 aliphatic carbocycles. The summed E-state index contributed by atoms with van der Waals surface area (Å²) in [5.74, 6) is -0.292. The molecule has 0 fully saturated rings. The fourth-order valence-electron chi connectivity index (χ4n) is 1.46. The molecule has 18 heavy (non-hydrogen) atoms. The lowest BCUT2D eigenvalue weighted by atomic mass is 10.2. The monoisotopic (exact) mass is 334 g/mol. The average Bonchev–Trinajstić information content (AvgIpc) is 2.28. The maximum absolute atomic E-state index is 11.9. The third-order valence-corrected chi connectivity index (χ3v) is 3.07. The predicted octanol–water partition coefficient (Wildman–Crippen LogP) is 1.75. The van der Waals surface area contributed by atoms with Crippen LogP contribution in [0.4, 0.5) is 0 Å². The van der Waals surface area contributed by atoms with Gasteiger partial charge in [0.1, 0.15) is 0 Å². The third kappa shape index (κ3) is 4.94. The Hall–Kier alpha value is -0.620. The Labute approximate surface area is 120 Å². The standard InChI is InChI=1S/C12H16BrClN2O2/c1-16(2)7-9(17)6-15-12(18)10-5-8(13)3-4-11(10)14/h3-5,9,17H,6-7H2,1-2H3,(H,15,18). The summed E-state index contributed by atoms with van der Waals surface area (Å²) in [6.07, 6.45) is -0.602. The molecular weight excluding hydrogens is 320 g/mol. The third-order valence-electron chi connectivity index (χ3n) is 2.25. The molecule has 0 aliphatic rings. The summed E-state index contributed by atoms with van der Waals surface area (Å²) in [5, 5.41) is 12.7. The van der Waals surface area contributed by atoms with Crippen molar-refractivity contribution in [3.05, 3.63) is 33.3 Å². The van der Waals surface area contributed by atoms with Crippen LogP contribution in [0, 0.1) is 0 Å². The van der Waals surface area contributed by atoms with Crippen molar-refractivity contribution in [3.8, 4) is 0 Å². The van der Waals surface area contributed by atoms with Crippen molar-refractivity contribution in [2.75, 3.05) is 27.2 Å². The largest absolute Gasteiger partial charge is 0.390 e. The van der Waals surface area contributed by atoms with Crippen molar-refractivity contribution < 1.29 is 9.90 Å². The number of benzene rings is 1. The van der Waals surface area contributed by atoms with E-state index in [0.29, 0.717) is 17.1 Å². The van der Waals surface area contributed by atoms with Gasteiger partial charge < -0.3 is 15.3 Å². The smallest absolute Gasteiger partial charge is 0.252 e. The molecule has 1 unspecified atom stereocenters. The van der Waals surface area contributed by atoms with Crippen molar-refractivity contribution in [2.45, 2.75) is 6.10 Å². The van der Waals surface area contributed by atoms with Gasteiger partial charge in [-0.1, -0.05) is 27.5 Å². The zero-order valence-electron chi connectivity index (χ0n) is 10.3. The van der Waals surface area contributed by atoms with Crippen LogP contribution in [0.3, 0.4) is 0 Å². The molecule has 0 aliphatic heterocycles. The lowest BCUT2D eigenvalue weighted by Gasteiger charge is -2.16. The van der Waals surface area contributed by atoms with Crippen molar-refractivity contribution in [3.63, 3.8) is 0 Å². The molecule has 1 atom stereocenters. The van der Waals surface area contributed by atoms with Crippen molar-refractivity contribution in [2.24, 2.45) is 0 Å². The van der Waals surface area contributed by atoms with Crippen LogP contribution in [0.2, 0.25) is 5.02 Å². The van der Waals surface area contributed by atoms with E-state index in [0.717, 1.165) is 4.47 Å². The summed E-state index contributed by atoms with van der Waals surface area (Å²) < 4.78 is 0.783. The zero-order chi connectivity index (χ0) is 13.7. The first kappa shape index (κ1) is 15.4. The Balaban J connectivity index is 2.58. The predicted molar refractivity (Wildman–Crippen MR) is 76.0 cm³/mol. The van der Waals surface area contributed by atoms with Crippen molar-refractivity contribution in [1.29, 1.82) is 0 Å². The molecule has 0 spiro atoms. The van der Waals surface area contributed by atoms with E-state index in [1.165, 1.54) is 0 Å². The van der Waals surface area contributed by atoms with Crippen molar-refractivity contribution >= 4 is 33.4 Å². The van der Waals surface area contributed by atoms with E-state index < -0.39 is 6.10 Å². The minimum absolute atomic E-state index is 0.194. The van der Waals surface area contributed by atoms with Gasteiger partial charge in [0.15, 0.2) is 0 Å². The fraction of sp³-hybridized carbons (Fsp3) is 0.417. The highest BCUT2D eigenvalue weighted by Gasteiger charge is 2.12. The molecule has 0 saturated heterocycles. The Bertz CT molecular complexity index is 427. The molecule has 1 aromatic carbocycles. The van der Waals surface area contributed by atoms with E-state index in [9.17, 15) is 9.90 Å². The Morgan fingerprint density at radius 1 is 1.56 bits per heavy atom. The number of hydrogen-bond donors (Lipinski definition) is 2. The number of carbonyl (C=O) groups is 1. The second kappa shape index (κ2) is 7.09. The molecule has 0 heterocycles. The number of likely N-dealkylation sites (N-methyl/N-ethyl adjacent to an activating group) is 1. The highest BCUT2D eigenvalue weighted by atomic mass is 79.9. The van der Waals surface area contributed by atoms with Gasteiger partial charge in [-0.3, -0.25) is 4.79 Å². The average molecular weight is 336 g/mol. The summed E-state index contributed by atoms with van der Waals surface area (Å²) in [6, 6.07) is 5.06. The van der Waals surface area contributed by atoms with Crippen LogP contribution in [0.1, 0.15) is 10.4 Å². The first-order chi connectivity index (χ1) is 8.40. The van der Waals surface area contributed by atoms with E-state index in [1.54, 1.807) is 18.2 Å². The number of rotatable bonds is 5. The van der Waals surface area contributed by atoms with E-state index in [4.69, 9.17) is 11.6 Å². The van der Waals surface area contributed by atoms with Gasteiger partial charge in [0.05, 0.1) is 16.7 Å². The lowest BCUT2D eigenvalue weighted by Crippen LogP contribution is -2.37. The molecule has 2 N–H and O–H groups in total. The number of halogens is 2. The molecule has 6 heteroatoms. The van der Waals surface area contributed by atoms with Gasteiger partial charge in [0.2, 0.25) is 0 Å². The van der Waals surface area contributed by atoms with Gasteiger partial charge in [-0.2, -0.15) is 0 Å². The number of aliphatic hydroxyl groups excluding tert-OH is 1. The highest BCUT2D eigenvalue weighted by molar-refractivity contribution is 9.10. The van der Waals surface area contributed by atoms with Gasteiger partial charge in [-0.05, 0) is 32.3 Å². The number of aliphatic hydroxyl groups is 1. The summed E-state index contributed by atoms with van der Waals surface area (Å²) in [5.41, 5.74) is 0.392. The topological polar surface area (TPSA) is 52.6 Å². The van der Waals surface area contributed by atoms with Crippen molar-refractivity contribution in [1.82, 2.24) is 10.2 Å². The molecule has 0 bridgehead atoms. The minimum Gasteiger partial charge on any atom is -0.390 e. The summed E-state index contributed by atoms with van der Waals surface area (Å²) in [4.78, 5) is 13.7. The Kier molecular flexibility index (Phi) is 6.08. The maximum atomic E-state index is 11.9. The van der Waals surface area contributed by atoms with Crippen LogP contribution in [0.15, 0.2) is 22.7 Å². The second-order valence-corrected chi connectivity index (χ2v) is 5.57. The summed E-state index contributed by atoms with van der Waals surface area (Å²) >= 11 is 9.22. The van der Waals surface area contributed by atoms with E-state index in [-0.39, 0.29) is 12.5 Å². The van der Waals surface area contributed by atoms with Crippen LogP contribution < -0.4 is 5.32 Å². The van der Waals surface area contributed by atoms with Gasteiger partial charge >= 0.3 is 0 Å². The SMILES string of the molecule is CN(C)CC(O)CNC(=O)c1cc(Br)ccc1Cl. The second-order valence-electron chi connectivity index (χ2n) is 4.25. The Morgan fingerprint density at radius 3 is 2.83 bits per heavy atom. The first-order valence-electron chi connectivity index (χ1n) is 5.46. The van der Waals surface area contributed by atoms with Crippen LogP contribution >= 0.6 is 27.5 Å². The Morgan fingerprint density at radius 2 is 2.22 bits per heavy atom.